The third kappa shape index (κ3) is 4.10. The molecule has 92 valence electrons. The van der Waals surface area contributed by atoms with Gasteiger partial charge in [-0.1, -0.05) is 12.1 Å². The summed E-state index contributed by atoms with van der Waals surface area (Å²) >= 11 is 0. The van der Waals surface area contributed by atoms with Crippen molar-refractivity contribution in [2.75, 3.05) is 26.0 Å². The number of urea groups is 1. The minimum absolute atomic E-state index is 0.0716. The largest absolute Gasteiger partial charge is 0.347 e. The first-order valence-electron chi connectivity index (χ1n) is 5.00. The van der Waals surface area contributed by atoms with Gasteiger partial charge in [0, 0.05) is 14.1 Å². The summed E-state index contributed by atoms with van der Waals surface area (Å²) < 4.78 is 13.2. The summed E-state index contributed by atoms with van der Waals surface area (Å²) in [5, 5.41) is 4.64. The number of amides is 3. The lowest BCUT2D eigenvalue weighted by Gasteiger charge is -2.11. The van der Waals surface area contributed by atoms with E-state index in [1.54, 1.807) is 20.2 Å². The molecule has 0 saturated heterocycles. The predicted molar refractivity (Wildman–Crippen MR) is 62.1 cm³/mol. The van der Waals surface area contributed by atoms with Crippen molar-refractivity contribution in [3.05, 3.63) is 30.1 Å². The Morgan fingerprint density at radius 1 is 1.29 bits per heavy atom. The van der Waals surface area contributed by atoms with Gasteiger partial charge in [0.2, 0.25) is 5.91 Å². The summed E-state index contributed by atoms with van der Waals surface area (Å²) in [4.78, 5) is 23.9. The molecule has 0 spiro atoms. The van der Waals surface area contributed by atoms with Gasteiger partial charge in [-0.3, -0.25) is 4.79 Å². The number of likely N-dealkylation sites (N-methyl/N-ethyl adjacent to an activating group) is 1. The van der Waals surface area contributed by atoms with Crippen LogP contribution in [0.4, 0.5) is 14.9 Å². The minimum atomic E-state index is -0.620. The molecular weight excluding hydrogens is 225 g/mol. The van der Waals surface area contributed by atoms with E-state index in [1.807, 2.05) is 0 Å². The first-order valence-corrected chi connectivity index (χ1v) is 5.00. The molecule has 2 N–H and O–H groups in total. The number of nitrogens with one attached hydrogen (secondary N) is 2. The van der Waals surface area contributed by atoms with Crippen LogP contribution in [0.1, 0.15) is 0 Å². The second kappa shape index (κ2) is 5.83. The van der Waals surface area contributed by atoms with Crippen LogP contribution >= 0.6 is 0 Å². The third-order valence-corrected chi connectivity index (χ3v) is 2.02. The highest BCUT2D eigenvalue weighted by Crippen LogP contribution is 2.11. The molecule has 0 aromatic heterocycles. The van der Waals surface area contributed by atoms with Gasteiger partial charge in [0.15, 0.2) is 0 Å². The van der Waals surface area contributed by atoms with Gasteiger partial charge in [0.25, 0.3) is 0 Å². The summed E-state index contributed by atoms with van der Waals surface area (Å²) in [6.45, 7) is -0.132. The van der Waals surface area contributed by atoms with Gasteiger partial charge in [-0.2, -0.15) is 0 Å². The van der Waals surface area contributed by atoms with Crippen molar-refractivity contribution < 1.29 is 14.0 Å². The molecule has 0 bridgehead atoms. The molecular formula is C11H14FN3O2. The van der Waals surface area contributed by atoms with E-state index in [0.717, 1.165) is 0 Å². The van der Waals surface area contributed by atoms with Gasteiger partial charge < -0.3 is 15.5 Å². The van der Waals surface area contributed by atoms with Crippen LogP contribution in [0.2, 0.25) is 0 Å². The van der Waals surface area contributed by atoms with Crippen molar-refractivity contribution >= 4 is 17.6 Å². The Kier molecular flexibility index (Phi) is 4.45. The number of carbonyl (C=O) groups is 2. The summed E-state index contributed by atoms with van der Waals surface area (Å²) in [7, 11) is 3.16. The van der Waals surface area contributed by atoms with Crippen molar-refractivity contribution in [1.29, 1.82) is 0 Å². The predicted octanol–water partition coefficient (Wildman–Crippen LogP) is 1.04. The molecule has 0 aliphatic heterocycles. The zero-order valence-electron chi connectivity index (χ0n) is 9.66. The molecule has 3 amide bonds. The molecule has 0 heterocycles. The average Bonchev–Trinajstić information content (AvgIpc) is 2.29. The number of anilines is 1. The maximum absolute atomic E-state index is 13.2. The fourth-order valence-electron chi connectivity index (χ4n) is 1.04. The van der Waals surface area contributed by atoms with Crippen LogP contribution in [-0.4, -0.2) is 37.5 Å². The topological polar surface area (TPSA) is 61.4 Å². The van der Waals surface area contributed by atoms with Crippen molar-refractivity contribution in [3.63, 3.8) is 0 Å². The van der Waals surface area contributed by atoms with Crippen LogP contribution in [-0.2, 0) is 4.79 Å². The van der Waals surface area contributed by atoms with Crippen LogP contribution in [0.25, 0.3) is 0 Å². The van der Waals surface area contributed by atoms with Gasteiger partial charge in [-0.05, 0) is 12.1 Å². The first-order chi connectivity index (χ1) is 8.00. The number of hydrogen-bond donors (Lipinski definition) is 2. The normalized spacial score (nSPS) is 9.59. The SMILES string of the molecule is CN(C)C(=O)CNC(=O)Nc1ccccc1F. The number of halogens is 1. The standard InChI is InChI=1S/C11H14FN3O2/c1-15(2)10(16)7-13-11(17)14-9-6-4-3-5-8(9)12/h3-6H,7H2,1-2H3,(H2,13,14,17). The Morgan fingerprint density at radius 2 is 1.94 bits per heavy atom. The van der Waals surface area contributed by atoms with E-state index >= 15 is 0 Å². The second-order valence-electron chi connectivity index (χ2n) is 3.58. The number of carbonyl (C=O) groups excluding carboxylic acids is 2. The van der Waals surface area contributed by atoms with Gasteiger partial charge in [0.05, 0.1) is 12.2 Å². The number of hydrogen-bond acceptors (Lipinski definition) is 2. The van der Waals surface area contributed by atoms with Crippen molar-refractivity contribution in [3.8, 4) is 0 Å². The zero-order chi connectivity index (χ0) is 12.8. The van der Waals surface area contributed by atoms with E-state index in [9.17, 15) is 14.0 Å². The van der Waals surface area contributed by atoms with Crippen molar-refractivity contribution in [2.45, 2.75) is 0 Å². The average molecular weight is 239 g/mol. The maximum atomic E-state index is 13.2. The summed E-state index contributed by atoms with van der Waals surface area (Å²) in [5.74, 6) is -0.768. The minimum Gasteiger partial charge on any atom is -0.347 e. The second-order valence-corrected chi connectivity index (χ2v) is 3.58. The van der Waals surface area contributed by atoms with E-state index in [-0.39, 0.29) is 18.1 Å². The fraction of sp³-hybridized carbons (Fsp3) is 0.273. The van der Waals surface area contributed by atoms with Crippen molar-refractivity contribution in [1.82, 2.24) is 10.2 Å². The fourth-order valence-corrected chi connectivity index (χ4v) is 1.04. The number of benzene rings is 1. The Labute approximate surface area is 98.6 Å². The lowest BCUT2D eigenvalue weighted by Crippen LogP contribution is -2.38. The third-order valence-electron chi connectivity index (χ3n) is 2.02. The Hall–Kier alpha value is -2.11. The molecule has 0 atom stereocenters. The number of rotatable bonds is 3. The Bertz CT molecular complexity index is 421. The van der Waals surface area contributed by atoms with E-state index < -0.39 is 11.8 Å². The molecule has 0 fully saturated rings. The number of para-hydroxylation sites is 1. The van der Waals surface area contributed by atoms with Crippen LogP contribution < -0.4 is 10.6 Å². The maximum Gasteiger partial charge on any atom is 0.319 e. The molecule has 17 heavy (non-hydrogen) atoms. The Morgan fingerprint density at radius 3 is 2.53 bits per heavy atom. The number of nitrogens with zero attached hydrogens (tertiary/aromatic N) is 1. The monoisotopic (exact) mass is 239 g/mol. The molecule has 6 heteroatoms. The van der Waals surface area contributed by atoms with Gasteiger partial charge in [0.1, 0.15) is 5.82 Å². The Balaban J connectivity index is 2.46. The van der Waals surface area contributed by atoms with E-state index in [2.05, 4.69) is 10.6 Å². The summed E-state index contributed by atoms with van der Waals surface area (Å²) in [6, 6.07) is 5.17. The molecule has 0 aliphatic carbocycles. The summed E-state index contributed by atoms with van der Waals surface area (Å²) in [5.41, 5.74) is 0.0716. The van der Waals surface area contributed by atoms with E-state index in [4.69, 9.17) is 0 Å². The summed E-state index contributed by atoms with van der Waals surface area (Å²) in [6.07, 6.45) is 0. The highest BCUT2D eigenvalue weighted by molar-refractivity contribution is 5.92. The van der Waals surface area contributed by atoms with Crippen LogP contribution in [0.5, 0.6) is 0 Å². The molecule has 1 aromatic carbocycles. The van der Waals surface area contributed by atoms with Crippen LogP contribution in [0.15, 0.2) is 24.3 Å². The van der Waals surface area contributed by atoms with Gasteiger partial charge in [-0.25, -0.2) is 9.18 Å². The van der Waals surface area contributed by atoms with Crippen LogP contribution in [0, 0.1) is 5.82 Å². The molecule has 1 rings (SSSR count). The van der Waals surface area contributed by atoms with Gasteiger partial charge >= 0.3 is 6.03 Å². The molecule has 0 radical (unpaired) electrons. The zero-order valence-corrected chi connectivity index (χ0v) is 9.66. The highest BCUT2D eigenvalue weighted by Gasteiger charge is 2.08. The quantitative estimate of drug-likeness (QED) is 0.827. The smallest absolute Gasteiger partial charge is 0.319 e. The van der Waals surface area contributed by atoms with Gasteiger partial charge in [-0.15, -0.1) is 0 Å². The van der Waals surface area contributed by atoms with E-state index in [1.165, 1.54) is 23.1 Å². The molecule has 1 aromatic rings. The molecule has 0 aliphatic rings. The molecule has 0 unspecified atom stereocenters. The first kappa shape index (κ1) is 13.0. The lowest BCUT2D eigenvalue weighted by molar-refractivity contribution is -0.127. The molecule has 5 nitrogen and oxygen atoms in total. The van der Waals surface area contributed by atoms with E-state index in [0.29, 0.717) is 0 Å². The van der Waals surface area contributed by atoms with Crippen LogP contribution in [0.3, 0.4) is 0 Å². The highest BCUT2D eigenvalue weighted by atomic mass is 19.1. The molecule has 0 saturated carbocycles. The lowest BCUT2D eigenvalue weighted by atomic mass is 10.3. The van der Waals surface area contributed by atoms with Crippen molar-refractivity contribution in [2.24, 2.45) is 0 Å².